The van der Waals surface area contributed by atoms with E-state index in [1.54, 1.807) is 0 Å². The Balaban J connectivity index is 0. The zero-order valence-corrected chi connectivity index (χ0v) is 13.2. The summed E-state index contributed by atoms with van der Waals surface area (Å²) < 4.78 is 29.9. The third-order valence-corrected chi connectivity index (χ3v) is 3.77. The van der Waals surface area contributed by atoms with Gasteiger partial charge in [-0.25, -0.2) is 4.79 Å². The van der Waals surface area contributed by atoms with E-state index in [0.29, 0.717) is 6.42 Å². The van der Waals surface area contributed by atoms with E-state index in [4.69, 9.17) is 9.66 Å². The molecule has 126 valence electrons. The van der Waals surface area contributed by atoms with Gasteiger partial charge in [0.1, 0.15) is 11.8 Å². The number of carbonyl (C=O) groups is 2. The third-order valence-electron chi connectivity index (χ3n) is 3.02. The van der Waals surface area contributed by atoms with Gasteiger partial charge in [-0.3, -0.25) is 9.35 Å². The predicted molar refractivity (Wildman–Crippen MR) is 85.7 cm³/mol. The molecule has 0 aliphatic rings. The van der Waals surface area contributed by atoms with Gasteiger partial charge in [0.15, 0.2) is 0 Å². The number of aliphatic carboxylic acids is 1. The van der Waals surface area contributed by atoms with Gasteiger partial charge < -0.3 is 10.4 Å². The molecule has 0 aromatic rings. The SMILES string of the molecule is CCCCCCCCCC(=O)N[C@H](CS(=O)(=O)O)C(=O)O.[NaH]. The van der Waals surface area contributed by atoms with Crippen molar-refractivity contribution < 1.29 is 27.7 Å². The number of unbranched alkanes of at least 4 members (excludes halogenated alkanes) is 6. The van der Waals surface area contributed by atoms with Gasteiger partial charge in [0, 0.05) is 6.42 Å². The van der Waals surface area contributed by atoms with Crippen molar-refractivity contribution in [3.05, 3.63) is 0 Å². The van der Waals surface area contributed by atoms with Crippen LogP contribution in [0, 0.1) is 0 Å². The van der Waals surface area contributed by atoms with Crippen LogP contribution in [0.5, 0.6) is 0 Å². The topological polar surface area (TPSA) is 121 Å². The Morgan fingerprint density at radius 2 is 1.55 bits per heavy atom. The quantitative estimate of drug-likeness (QED) is 0.274. The second kappa shape index (κ2) is 13.3. The Kier molecular flexibility index (Phi) is 14.6. The molecule has 1 amide bonds. The van der Waals surface area contributed by atoms with Crippen LogP contribution in [0.3, 0.4) is 0 Å². The van der Waals surface area contributed by atoms with Gasteiger partial charge in [-0.05, 0) is 6.42 Å². The second-order valence-corrected chi connectivity index (χ2v) is 6.58. The fraction of sp³-hybridized carbons (Fsp3) is 0.846. The summed E-state index contributed by atoms with van der Waals surface area (Å²) in [6.07, 6.45) is 7.38. The van der Waals surface area contributed by atoms with Crippen LogP contribution in [0.1, 0.15) is 58.3 Å². The molecule has 0 bridgehead atoms. The summed E-state index contributed by atoms with van der Waals surface area (Å²) in [7, 11) is -4.45. The van der Waals surface area contributed by atoms with E-state index in [2.05, 4.69) is 12.2 Å². The van der Waals surface area contributed by atoms with E-state index < -0.39 is 33.8 Å². The Morgan fingerprint density at radius 1 is 1.05 bits per heavy atom. The summed E-state index contributed by atoms with van der Waals surface area (Å²) >= 11 is 0. The summed E-state index contributed by atoms with van der Waals surface area (Å²) in [6, 6.07) is -1.61. The van der Waals surface area contributed by atoms with Crippen LogP contribution in [0.2, 0.25) is 0 Å². The Morgan fingerprint density at radius 3 is 2.00 bits per heavy atom. The maximum absolute atomic E-state index is 11.5. The average Bonchev–Trinajstić information content (AvgIpc) is 2.35. The molecule has 0 aliphatic heterocycles. The van der Waals surface area contributed by atoms with Crippen molar-refractivity contribution in [3.8, 4) is 0 Å². The molecule has 0 heterocycles. The first-order valence-corrected chi connectivity index (χ1v) is 8.84. The second-order valence-electron chi connectivity index (χ2n) is 5.08. The molecule has 0 aromatic carbocycles. The van der Waals surface area contributed by atoms with Gasteiger partial charge >= 0.3 is 35.5 Å². The van der Waals surface area contributed by atoms with Crippen LogP contribution >= 0.6 is 0 Å². The van der Waals surface area contributed by atoms with E-state index in [1.807, 2.05) is 0 Å². The molecule has 0 spiro atoms. The molecule has 0 radical (unpaired) electrons. The number of amides is 1. The molecule has 0 saturated heterocycles. The molecule has 9 heteroatoms. The summed E-state index contributed by atoms with van der Waals surface area (Å²) in [5, 5.41) is 10.9. The average molecular weight is 347 g/mol. The summed E-state index contributed by atoms with van der Waals surface area (Å²) in [5.41, 5.74) is 0. The number of carbonyl (C=O) groups excluding carboxylic acids is 1. The van der Waals surface area contributed by atoms with Crippen molar-refractivity contribution in [3.63, 3.8) is 0 Å². The number of rotatable bonds is 12. The molecule has 0 saturated carbocycles. The van der Waals surface area contributed by atoms with Crippen LogP contribution in [0.25, 0.3) is 0 Å². The zero-order chi connectivity index (χ0) is 16.3. The van der Waals surface area contributed by atoms with Crippen molar-refractivity contribution in [2.75, 3.05) is 5.75 Å². The van der Waals surface area contributed by atoms with E-state index in [0.717, 1.165) is 19.3 Å². The predicted octanol–water partition coefficient (Wildman–Crippen LogP) is 0.936. The first kappa shape index (κ1) is 24.1. The van der Waals surface area contributed by atoms with Gasteiger partial charge in [0.25, 0.3) is 10.1 Å². The molecular weight excluding hydrogens is 321 g/mol. The fourth-order valence-electron chi connectivity index (χ4n) is 1.89. The molecule has 3 N–H and O–H groups in total. The summed E-state index contributed by atoms with van der Waals surface area (Å²) in [6.45, 7) is 2.13. The number of carboxylic acid groups (broad SMARTS) is 1. The molecule has 0 aromatic heterocycles. The molecule has 0 fully saturated rings. The van der Waals surface area contributed by atoms with Gasteiger partial charge in [0.05, 0.1) is 0 Å². The molecule has 0 unspecified atom stereocenters. The summed E-state index contributed by atoms with van der Waals surface area (Å²) in [4.78, 5) is 22.3. The Labute approximate surface area is 154 Å². The standard InChI is InChI=1S/C13H25NO6S.Na.H/c1-2-3-4-5-6-7-8-9-12(15)14-11(13(16)17)10-21(18,19)20;;/h11H,2-10H2,1H3,(H,14,15)(H,16,17)(H,18,19,20);;/t11-;;/m1../s1. The fourth-order valence-corrected chi connectivity index (χ4v) is 2.54. The van der Waals surface area contributed by atoms with Gasteiger partial charge in [0.2, 0.25) is 5.91 Å². The zero-order valence-electron chi connectivity index (χ0n) is 12.4. The first-order chi connectivity index (χ1) is 9.76. The van der Waals surface area contributed by atoms with Crippen LogP contribution in [0.15, 0.2) is 0 Å². The van der Waals surface area contributed by atoms with Crippen molar-refractivity contribution in [2.45, 2.75) is 64.3 Å². The number of carboxylic acids is 1. The molecule has 7 nitrogen and oxygen atoms in total. The Hall–Kier alpha value is -0.150. The van der Waals surface area contributed by atoms with E-state index in [1.165, 1.54) is 19.3 Å². The van der Waals surface area contributed by atoms with E-state index in [9.17, 15) is 18.0 Å². The van der Waals surface area contributed by atoms with Gasteiger partial charge in [-0.1, -0.05) is 45.4 Å². The van der Waals surface area contributed by atoms with E-state index >= 15 is 0 Å². The van der Waals surface area contributed by atoms with Crippen molar-refractivity contribution in [1.82, 2.24) is 5.32 Å². The van der Waals surface area contributed by atoms with Crippen LogP contribution in [-0.2, 0) is 19.7 Å². The van der Waals surface area contributed by atoms with Gasteiger partial charge in [-0.2, -0.15) is 8.42 Å². The minimum atomic E-state index is -4.45. The number of nitrogens with one attached hydrogen (secondary N) is 1. The third kappa shape index (κ3) is 14.8. The van der Waals surface area contributed by atoms with E-state index in [-0.39, 0.29) is 36.0 Å². The molecule has 0 rings (SSSR count). The molecule has 1 atom stereocenters. The molecule has 22 heavy (non-hydrogen) atoms. The monoisotopic (exact) mass is 347 g/mol. The summed E-state index contributed by atoms with van der Waals surface area (Å²) in [5.74, 6) is -3.02. The number of hydrogen-bond acceptors (Lipinski definition) is 4. The minimum absolute atomic E-state index is 0. The van der Waals surface area contributed by atoms with Crippen LogP contribution in [-0.4, -0.2) is 71.3 Å². The van der Waals surface area contributed by atoms with Crippen molar-refractivity contribution >= 4 is 51.6 Å². The van der Waals surface area contributed by atoms with Gasteiger partial charge in [-0.15, -0.1) is 0 Å². The molecular formula is C13H26NNaO6S. The molecule has 0 aliphatic carbocycles. The van der Waals surface area contributed by atoms with Crippen LogP contribution < -0.4 is 5.32 Å². The first-order valence-electron chi connectivity index (χ1n) is 7.23. The Bertz CT molecular complexity index is 426. The van der Waals surface area contributed by atoms with Crippen molar-refractivity contribution in [2.24, 2.45) is 0 Å². The number of hydrogen-bond donors (Lipinski definition) is 3. The maximum atomic E-state index is 11.5. The van der Waals surface area contributed by atoms with Crippen LogP contribution in [0.4, 0.5) is 0 Å². The van der Waals surface area contributed by atoms with Crippen molar-refractivity contribution in [1.29, 1.82) is 0 Å². The normalized spacial score (nSPS) is 12.3.